The molecule has 0 spiro atoms. The second-order valence-corrected chi connectivity index (χ2v) is 5.62. The van der Waals surface area contributed by atoms with Gasteiger partial charge in [-0.25, -0.2) is 9.79 Å². The van der Waals surface area contributed by atoms with Gasteiger partial charge in [0.2, 0.25) is 5.90 Å². The molecule has 3 rings (SSSR count). The molecule has 0 amide bonds. The molecule has 0 unspecified atom stereocenters. The zero-order chi connectivity index (χ0) is 16.2. The van der Waals surface area contributed by atoms with E-state index < -0.39 is 5.97 Å². The molecule has 0 atom stereocenters. The topological polar surface area (TPSA) is 38.7 Å². The Hall–Kier alpha value is -2.36. The van der Waals surface area contributed by atoms with E-state index in [2.05, 4.69) is 4.99 Å². The maximum atomic E-state index is 11.9. The summed E-state index contributed by atoms with van der Waals surface area (Å²) in [6, 6.07) is 14.7. The van der Waals surface area contributed by atoms with Crippen molar-refractivity contribution in [1.29, 1.82) is 0 Å². The summed E-state index contributed by atoms with van der Waals surface area (Å²) in [5, 5.41) is 0.974. The zero-order valence-electron chi connectivity index (χ0n) is 11.9. The van der Waals surface area contributed by atoms with Crippen molar-refractivity contribution >= 4 is 47.2 Å². The molecule has 5 heteroatoms. The van der Waals surface area contributed by atoms with Gasteiger partial charge in [-0.2, -0.15) is 0 Å². The summed E-state index contributed by atoms with van der Waals surface area (Å²) >= 11 is 11.9. The summed E-state index contributed by atoms with van der Waals surface area (Å²) in [6.45, 7) is 0. The Bertz CT molecular complexity index is 839. The number of nitrogens with zero attached hydrogens (tertiary/aromatic N) is 1. The molecule has 1 aliphatic rings. The Morgan fingerprint density at radius 1 is 1.00 bits per heavy atom. The molecule has 2 aromatic carbocycles. The Kier molecular flexibility index (Phi) is 4.60. The third-order valence-electron chi connectivity index (χ3n) is 3.11. The van der Waals surface area contributed by atoms with Gasteiger partial charge in [0.1, 0.15) is 0 Å². The average molecular weight is 344 g/mol. The highest BCUT2D eigenvalue weighted by molar-refractivity contribution is 6.35. The van der Waals surface area contributed by atoms with Gasteiger partial charge in [0.25, 0.3) is 0 Å². The number of carbonyl (C=O) groups is 1. The van der Waals surface area contributed by atoms with Gasteiger partial charge in [-0.3, -0.25) is 0 Å². The van der Waals surface area contributed by atoms with Gasteiger partial charge in [0.15, 0.2) is 5.70 Å². The first kappa shape index (κ1) is 15.5. The van der Waals surface area contributed by atoms with Crippen LogP contribution in [0.5, 0.6) is 0 Å². The van der Waals surface area contributed by atoms with Crippen LogP contribution in [0.1, 0.15) is 11.1 Å². The Balaban J connectivity index is 1.83. The predicted octanol–water partition coefficient (Wildman–Crippen LogP) is 5.00. The highest BCUT2D eigenvalue weighted by atomic mass is 35.5. The smallest absolute Gasteiger partial charge is 0.363 e. The fourth-order valence-corrected chi connectivity index (χ4v) is 2.46. The van der Waals surface area contributed by atoms with Crippen LogP contribution in [0.15, 0.2) is 65.3 Å². The van der Waals surface area contributed by atoms with Crippen LogP contribution in [0.4, 0.5) is 0 Å². The van der Waals surface area contributed by atoms with Gasteiger partial charge in [-0.1, -0.05) is 59.6 Å². The molecule has 0 radical (unpaired) electrons. The number of halogens is 2. The molecule has 0 fully saturated rings. The molecule has 0 aliphatic carbocycles. The molecule has 0 aromatic heterocycles. The van der Waals surface area contributed by atoms with E-state index in [1.807, 2.05) is 36.4 Å². The van der Waals surface area contributed by atoms with Crippen molar-refractivity contribution in [2.75, 3.05) is 0 Å². The van der Waals surface area contributed by atoms with Crippen LogP contribution in [0.2, 0.25) is 10.0 Å². The lowest BCUT2D eigenvalue weighted by atomic mass is 10.2. The Labute approximate surface area is 143 Å². The monoisotopic (exact) mass is 343 g/mol. The second kappa shape index (κ2) is 6.82. The normalized spacial score (nSPS) is 16.0. The highest BCUT2D eigenvalue weighted by Gasteiger charge is 2.21. The van der Waals surface area contributed by atoms with E-state index in [0.717, 1.165) is 5.56 Å². The van der Waals surface area contributed by atoms with Crippen molar-refractivity contribution in [2.45, 2.75) is 0 Å². The summed E-state index contributed by atoms with van der Waals surface area (Å²) in [7, 11) is 0. The van der Waals surface area contributed by atoms with Crippen molar-refractivity contribution < 1.29 is 9.53 Å². The first-order valence-electron chi connectivity index (χ1n) is 6.82. The van der Waals surface area contributed by atoms with Crippen LogP contribution in [0.25, 0.3) is 12.2 Å². The van der Waals surface area contributed by atoms with Crippen LogP contribution in [-0.2, 0) is 9.53 Å². The molecule has 0 bridgehead atoms. The first-order chi connectivity index (χ1) is 11.1. The minimum absolute atomic E-state index is 0.196. The molecule has 2 aromatic rings. The average Bonchev–Trinajstić information content (AvgIpc) is 2.89. The number of esters is 1. The lowest BCUT2D eigenvalue weighted by Gasteiger charge is -1.98. The van der Waals surface area contributed by atoms with E-state index in [1.54, 1.807) is 30.4 Å². The van der Waals surface area contributed by atoms with Crippen molar-refractivity contribution in [3.8, 4) is 0 Å². The van der Waals surface area contributed by atoms with Crippen LogP contribution in [0.3, 0.4) is 0 Å². The highest BCUT2D eigenvalue weighted by Crippen LogP contribution is 2.25. The summed E-state index contributed by atoms with van der Waals surface area (Å²) in [5.74, 6) is -0.265. The largest absolute Gasteiger partial charge is 0.403 e. The standard InChI is InChI=1S/C18H11Cl2NO2/c19-14-8-7-13(15(20)11-14)10-16-18(22)23-17(21-16)9-6-12-4-2-1-3-5-12/h1-11H/b9-6+,16-10+. The third kappa shape index (κ3) is 3.89. The van der Waals surface area contributed by atoms with Crippen molar-refractivity contribution in [3.05, 3.63) is 81.5 Å². The lowest BCUT2D eigenvalue weighted by Crippen LogP contribution is -2.01. The van der Waals surface area contributed by atoms with E-state index in [9.17, 15) is 4.79 Å². The molecule has 0 N–H and O–H groups in total. The van der Waals surface area contributed by atoms with Crippen molar-refractivity contribution in [2.24, 2.45) is 4.99 Å². The predicted molar refractivity (Wildman–Crippen MR) is 93.4 cm³/mol. The van der Waals surface area contributed by atoms with Crippen LogP contribution in [0, 0.1) is 0 Å². The van der Waals surface area contributed by atoms with Crippen molar-refractivity contribution in [3.63, 3.8) is 0 Å². The van der Waals surface area contributed by atoms with Gasteiger partial charge in [-0.05, 0) is 35.4 Å². The number of carbonyl (C=O) groups excluding carboxylic acids is 1. The molecular formula is C18H11Cl2NO2. The number of hydrogen-bond acceptors (Lipinski definition) is 3. The van der Waals surface area contributed by atoms with E-state index in [1.165, 1.54) is 0 Å². The van der Waals surface area contributed by atoms with Crippen LogP contribution < -0.4 is 0 Å². The number of benzene rings is 2. The first-order valence-corrected chi connectivity index (χ1v) is 7.58. The zero-order valence-corrected chi connectivity index (χ0v) is 13.4. The molecule has 23 heavy (non-hydrogen) atoms. The number of rotatable bonds is 3. The SMILES string of the molecule is O=C1OC(/C=C/c2ccccc2)=NC/1=C/c1ccc(Cl)cc1Cl. The van der Waals surface area contributed by atoms with E-state index >= 15 is 0 Å². The minimum atomic E-state index is -0.510. The number of ether oxygens (including phenoxy) is 1. The quantitative estimate of drug-likeness (QED) is 0.580. The maximum absolute atomic E-state index is 11.9. The number of cyclic esters (lactones) is 1. The minimum Gasteiger partial charge on any atom is -0.403 e. The summed E-state index contributed by atoms with van der Waals surface area (Å²) in [6.07, 6.45) is 5.05. The van der Waals surface area contributed by atoms with Crippen LogP contribution in [-0.4, -0.2) is 11.9 Å². The van der Waals surface area contributed by atoms with E-state index in [-0.39, 0.29) is 11.6 Å². The van der Waals surface area contributed by atoms with Gasteiger partial charge in [-0.15, -0.1) is 0 Å². The van der Waals surface area contributed by atoms with Crippen LogP contribution >= 0.6 is 23.2 Å². The molecule has 0 saturated carbocycles. The summed E-state index contributed by atoms with van der Waals surface area (Å²) in [5.41, 5.74) is 1.84. The molecule has 1 heterocycles. The molecule has 0 saturated heterocycles. The van der Waals surface area contributed by atoms with Crippen molar-refractivity contribution in [1.82, 2.24) is 0 Å². The van der Waals surface area contributed by atoms with Gasteiger partial charge in [0.05, 0.1) is 0 Å². The Morgan fingerprint density at radius 2 is 1.78 bits per heavy atom. The van der Waals surface area contributed by atoms with E-state index in [0.29, 0.717) is 15.6 Å². The Morgan fingerprint density at radius 3 is 2.52 bits per heavy atom. The number of aliphatic imine (C=N–C) groups is 1. The molecule has 114 valence electrons. The summed E-state index contributed by atoms with van der Waals surface area (Å²) in [4.78, 5) is 16.0. The lowest BCUT2D eigenvalue weighted by molar-refractivity contribution is -0.129. The van der Waals surface area contributed by atoms with Gasteiger partial charge in [0, 0.05) is 16.1 Å². The maximum Gasteiger partial charge on any atom is 0.363 e. The van der Waals surface area contributed by atoms with Gasteiger partial charge >= 0.3 is 5.97 Å². The van der Waals surface area contributed by atoms with Gasteiger partial charge < -0.3 is 4.74 Å². The molecular weight excluding hydrogens is 333 g/mol. The van der Waals surface area contributed by atoms with E-state index in [4.69, 9.17) is 27.9 Å². The second-order valence-electron chi connectivity index (χ2n) is 4.78. The fourth-order valence-electron chi connectivity index (χ4n) is 1.99. The summed E-state index contributed by atoms with van der Waals surface area (Å²) < 4.78 is 5.12. The third-order valence-corrected chi connectivity index (χ3v) is 3.67. The molecule has 3 nitrogen and oxygen atoms in total. The number of hydrogen-bond donors (Lipinski definition) is 0. The fraction of sp³-hybridized carbons (Fsp3) is 0. The molecule has 1 aliphatic heterocycles.